The van der Waals surface area contributed by atoms with E-state index in [9.17, 15) is 22.8 Å². The highest BCUT2D eigenvalue weighted by Crippen LogP contribution is 2.24. The number of ether oxygens (including phenoxy) is 1. The highest BCUT2D eigenvalue weighted by atomic mass is 35.5. The van der Waals surface area contributed by atoms with Crippen molar-refractivity contribution in [2.75, 3.05) is 5.32 Å². The Morgan fingerprint density at radius 2 is 1.69 bits per heavy atom. The van der Waals surface area contributed by atoms with E-state index in [1.807, 2.05) is 0 Å². The second kappa shape index (κ2) is 8.36. The van der Waals surface area contributed by atoms with Crippen LogP contribution in [0.4, 0.5) is 18.9 Å². The third-order valence-electron chi connectivity index (χ3n) is 3.67. The van der Waals surface area contributed by atoms with Crippen molar-refractivity contribution in [2.24, 2.45) is 0 Å². The number of anilines is 1. The van der Waals surface area contributed by atoms with Crippen LogP contribution in [-0.4, -0.2) is 22.1 Å². The Morgan fingerprint density at radius 3 is 2.31 bits per heavy atom. The summed E-state index contributed by atoms with van der Waals surface area (Å²) in [6.07, 6.45) is -4.80. The summed E-state index contributed by atoms with van der Waals surface area (Å²) < 4.78 is 41.3. The van der Waals surface area contributed by atoms with Crippen molar-refractivity contribution in [2.45, 2.75) is 12.9 Å². The molecule has 0 unspecified atom stereocenters. The summed E-state index contributed by atoms with van der Waals surface area (Å²) in [5.41, 5.74) is 0.949. The van der Waals surface area contributed by atoms with Gasteiger partial charge in [0.1, 0.15) is 12.3 Å². The summed E-state index contributed by atoms with van der Waals surface area (Å²) in [7, 11) is 0. The Morgan fingerprint density at radius 1 is 1.03 bits per heavy atom. The molecule has 2 aromatic carbocycles. The van der Waals surface area contributed by atoms with Crippen LogP contribution in [0.25, 0.3) is 11.3 Å². The van der Waals surface area contributed by atoms with E-state index >= 15 is 0 Å². The maximum absolute atomic E-state index is 12.2. The van der Waals surface area contributed by atoms with Crippen molar-refractivity contribution in [3.63, 3.8) is 0 Å². The van der Waals surface area contributed by atoms with E-state index in [-0.39, 0.29) is 12.2 Å². The highest BCUT2D eigenvalue weighted by molar-refractivity contribution is 6.30. The predicted octanol–water partition coefficient (Wildman–Crippen LogP) is 4.10. The maximum atomic E-state index is 12.2. The van der Waals surface area contributed by atoms with Crippen molar-refractivity contribution in [1.82, 2.24) is 9.78 Å². The summed E-state index contributed by atoms with van der Waals surface area (Å²) in [5, 5.41) is 7.19. The number of nitrogens with one attached hydrogen (secondary N) is 1. The molecule has 3 rings (SSSR count). The minimum Gasteiger partial charge on any atom is -0.406 e. The number of amides is 1. The monoisotopic (exact) mass is 423 g/mol. The van der Waals surface area contributed by atoms with Gasteiger partial charge in [0.25, 0.3) is 5.56 Å². The number of rotatable bonds is 5. The molecule has 10 heteroatoms. The molecule has 1 heterocycles. The molecule has 150 valence electrons. The van der Waals surface area contributed by atoms with Gasteiger partial charge in [-0.05, 0) is 42.5 Å². The number of nitrogens with zero attached hydrogens (tertiary/aromatic N) is 2. The molecular weight excluding hydrogens is 411 g/mol. The summed E-state index contributed by atoms with van der Waals surface area (Å²) in [6.45, 7) is -0.374. The lowest BCUT2D eigenvalue weighted by Gasteiger charge is -2.10. The second-order valence-corrected chi connectivity index (χ2v) is 6.28. The van der Waals surface area contributed by atoms with E-state index < -0.39 is 23.6 Å². The Kier molecular flexibility index (Phi) is 5.88. The molecule has 0 spiro atoms. The Balaban J connectivity index is 1.69. The molecule has 0 saturated carbocycles. The first kappa shape index (κ1) is 20.4. The Labute approximate surface area is 167 Å². The summed E-state index contributed by atoms with van der Waals surface area (Å²) in [5.74, 6) is -0.985. The van der Waals surface area contributed by atoms with Crippen LogP contribution in [0, 0.1) is 0 Å². The van der Waals surface area contributed by atoms with Crippen molar-refractivity contribution >= 4 is 23.2 Å². The van der Waals surface area contributed by atoms with Gasteiger partial charge in [-0.3, -0.25) is 9.59 Å². The molecule has 1 N–H and O–H groups in total. The van der Waals surface area contributed by atoms with Gasteiger partial charge in [0.15, 0.2) is 0 Å². The number of alkyl halides is 3. The van der Waals surface area contributed by atoms with Crippen molar-refractivity contribution in [3.8, 4) is 17.0 Å². The summed E-state index contributed by atoms with van der Waals surface area (Å²) in [6, 6.07) is 14.2. The third kappa shape index (κ3) is 5.82. The lowest BCUT2D eigenvalue weighted by atomic mass is 10.1. The van der Waals surface area contributed by atoms with Crippen LogP contribution in [0.3, 0.4) is 0 Å². The van der Waals surface area contributed by atoms with E-state index in [1.165, 1.54) is 24.3 Å². The van der Waals surface area contributed by atoms with Crippen LogP contribution in [0.5, 0.6) is 5.75 Å². The number of benzene rings is 2. The highest BCUT2D eigenvalue weighted by Gasteiger charge is 2.30. The molecule has 0 saturated heterocycles. The number of hydrogen-bond donors (Lipinski definition) is 1. The van der Waals surface area contributed by atoms with E-state index in [1.54, 1.807) is 24.3 Å². The zero-order valence-electron chi connectivity index (χ0n) is 14.6. The molecule has 0 bridgehead atoms. The zero-order valence-corrected chi connectivity index (χ0v) is 15.4. The molecule has 0 fully saturated rings. The minimum atomic E-state index is -4.80. The first-order valence-electron chi connectivity index (χ1n) is 8.19. The first-order valence-corrected chi connectivity index (χ1v) is 8.57. The Hall–Kier alpha value is -3.33. The Bertz CT molecular complexity index is 1070. The van der Waals surface area contributed by atoms with Crippen LogP contribution in [0.2, 0.25) is 5.02 Å². The van der Waals surface area contributed by atoms with Gasteiger partial charge in [-0.25, -0.2) is 4.68 Å². The molecule has 0 aliphatic rings. The van der Waals surface area contributed by atoms with Crippen LogP contribution in [0.1, 0.15) is 0 Å². The largest absolute Gasteiger partial charge is 0.573 e. The van der Waals surface area contributed by atoms with Gasteiger partial charge in [0.05, 0.1) is 5.69 Å². The van der Waals surface area contributed by atoms with Crippen LogP contribution in [-0.2, 0) is 11.3 Å². The molecule has 29 heavy (non-hydrogen) atoms. The normalized spacial score (nSPS) is 11.2. The molecule has 1 amide bonds. The first-order chi connectivity index (χ1) is 13.7. The number of aromatic nitrogens is 2. The van der Waals surface area contributed by atoms with Gasteiger partial charge in [0.2, 0.25) is 5.91 Å². The molecular formula is C19H13ClF3N3O3. The molecule has 0 atom stereocenters. The topological polar surface area (TPSA) is 73.2 Å². The van der Waals surface area contributed by atoms with Gasteiger partial charge < -0.3 is 10.1 Å². The number of carbonyl (C=O) groups is 1. The maximum Gasteiger partial charge on any atom is 0.573 e. The van der Waals surface area contributed by atoms with E-state index in [0.717, 1.165) is 16.8 Å². The fraction of sp³-hybridized carbons (Fsp3) is 0.105. The number of halogens is 4. The van der Waals surface area contributed by atoms with Gasteiger partial charge in [-0.1, -0.05) is 23.7 Å². The number of carbonyl (C=O) groups excluding carboxylic acids is 1. The minimum absolute atomic E-state index is 0.242. The lowest BCUT2D eigenvalue weighted by molar-refractivity contribution is -0.274. The molecule has 0 aliphatic carbocycles. The molecule has 6 nitrogen and oxygen atoms in total. The van der Waals surface area contributed by atoms with Crippen molar-refractivity contribution < 1.29 is 22.7 Å². The second-order valence-electron chi connectivity index (χ2n) is 5.84. The smallest absolute Gasteiger partial charge is 0.406 e. The molecule has 1 aromatic heterocycles. The van der Waals surface area contributed by atoms with Gasteiger partial charge >= 0.3 is 6.36 Å². The average Bonchev–Trinajstić information content (AvgIpc) is 2.65. The van der Waals surface area contributed by atoms with Crippen LogP contribution in [0.15, 0.2) is 65.5 Å². The predicted molar refractivity (Wildman–Crippen MR) is 101 cm³/mol. The van der Waals surface area contributed by atoms with E-state index in [0.29, 0.717) is 16.3 Å². The van der Waals surface area contributed by atoms with Gasteiger partial charge in [-0.15, -0.1) is 13.2 Å². The van der Waals surface area contributed by atoms with Gasteiger partial charge in [0, 0.05) is 22.3 Å². The van der Waals surface area contributed by atoms with Crippen LogP contribution >= 0.6 is 11.6 Å². The van der Waals surface area contributed by atoms with Crippen LogP contribution < -0.4 is 15.6 Å². The summed E-state index contributed by atoms with van der Waals surface area (Å²) >= 11 is 5.85. The van der Waals surface area contributed by atoms with Crippen molar-refractivity contribution in [3.05, 3.63) is 76.0 Å². The molecule has 3 aromatic rings. The zero-order chi connectivity index (χ0) is 21.0. The van der Waals surface area contributed by atoms with Crippen molar-refractivity contribution in [1.29, 1.82) is 0 Å². The fourth-order valence-electron chi connectivity index (χ4n) is 2.41. The van der Waals surface area contributed by atoms with E-state index in [4.69, 9.17) is 11.6 Å². The third-order valence-corrected chi connectivity index (χ3v) is 3.92. The average molecular weight is 424 g/mol. The molecule has 0 radical (unpaired) electrons. The van der Waals surface area contributed by atoms with E-state index in [2.05, 4.69) is 15.2 Å². The molecule has 0 aliphatic heterocycles. The standard InChI is InChI=1S/C19H13ClF3N3O3/c20-13-3-1-12(2-4-13)16-9-10-18(28)26(25-16)11-17(27)24-14-5-7-15(8-6-14)29-19(21,22)23/h1-10H,11H2,(H,24,27). The lowest BCUT2D eigenvalue weighted by Crippen LogP contribution is -2.29. The van der Waals surface area contributed by atoms with Gasteiger partial charge in [-0.2, -0.15) is 5.10 Å². The fourth-order valence-corrected chi connectivity index (χ4v) is 2.54. The SMILES string of the molecule is O=C(Cn1nc(-c2ccc(Cl)cc2)ccc1=O)Nc1ccc(OC(F)(F)F)cc1. The quantitative estimate of drug-likeness (QED) is 0.670. The summed E-state index contributed by atoms with van der Waals surface area (Å²) in [4.78, 5) is 24.2. The number of hydrogen-bond acceptors (Lipinski definition) is 4.